The molecule has 0 saturated heterocycles. The zero-order valence-electron chi connectivity index (χ0n) is 6.49. The van der Waals surface area contributed by atoms with Crippen LogP contribution in [0.15, 0.2) is 16.6 Å². The lowest BCUT2D eigenvalue weighted by Crippen LogP contribution is -2.01. The Morgan fingerprint density at radius 3 is 2.54 bits per heavy atom. The Morgan fingerprint density at radius 1 is 1.23 bits per heavy atom. The van der Waals surface area contributed by atoms with E-state index >= 15 is 0 Å². The highest BCUT2D eigenvalue weighted by Gasteiger charge is 2.08. The molecule has 1 rings (SSSR count). The molecule has 0 amide bonds. The lowest BCUT2D eigenvalue weighted by molar-refractivity contribution is 0.261. The van der Waals surface area contributed by atoms with Gasteiger partial charge in [-0.25, -0.2) is 13.2 Å². The van der Waals surface area contributed by atoms with Crippen molar-refractivity contribution in [3.8, 4) is 5.75 Å². The van der Waals surface area contributed by atoms with Crippen molar-refractivity contribution in [2.24, 2.45) is 0 Å². The van der Waals surface area contributed by atoms with Crippen LogP contribution in [0.25, 0.3) is 0 Å². The van der Waals surface area contributed by atoms with Gasteiger partial charge < -0.3 is 4.74 Å². The minimum Gasteiger partial charge on any atom is -0.488 e. The van der Waals surface area contributed by atoms with Gasteiger partial charge in [-0.15, -0.1) is 0 Å². The van der Waals surface area contributed by atoms with Crippen molar-refractivity contribution in [2.45, 2.75) is 0 Å². The van der Waals surface area contributed by atoms with Crippen LogP contribution in [0.1, 0.15) is 0 Å². The first-order valence-electron chi connectivity index (χ1n) is 3.48. The van der Waals surface area contributed by atoms with Crippen LogP contribution in [0.3, 0.4) is 0 Å². The van der Waals surface area contributed by atoms with Gasteiger partial charge >= 0.3 is 0 Å². The fourth-order valence-electron chi connectivity index (χ4n) is 0.763. The summed E-state index contributed by atoms with van der Waals surface area (Å²) in [6.45, 7) is -1.02. The van der Waals surface area contributed by atoms with Gasteiger partial charge in [-0.2, -0.15) is 0 Å². The molecule has 0 atom stereocenters. The van der Waals surface area contributed by atoms with Gasteiger partial charge in [0.25, 0.3) is 0 Å². The molecule has 1 aromatic rings. The number of hydrogen-bond acceptors (Lipinski definition) is 1. The van der Waals surface area contributed by atoms with Crippen molar-refractivity contribution in [2.75, 3.05) is 13.3 Å². The topological polar surface area (TPSA) is 9.23 Å². The molecule has 1 aromatic carbocycles. The van der Waals surface area contributed by atoms with Gasteiger partial charge in [0.2, 0.25) is 0 Å². The fourth-order valence-corrected chi connectivity index (χ4v) is 1.08. The Labute approximate surface area is 81.6 Å². The third-order valence-electron chi connectivity index (χ3n) is 1.31. The number of benzene rings is 1. The summed E-state index contributed by atoms with van der Waals surface area (Å²) in [6, 6.07) is 1.80. The molecule has 0 aromatic heterocycles. The molecule has 0 aliphatic carbocycles. The molecule has 0 radical (unpaired) electrons. The normalized spacial score (nSPS) is 10.2. The van der Waals surface area contributed by atoms with Crippen molar-refractivity contribution < 1.29 is 17.9 Å². The molecule has 0 heterocycles. The molecule has 5 heteroatoms. The Balaban J connectivity index is 2.88. The van der Waals surface area contributed by atoms with Crippen LogP contribution in [-0.4, -0.2) is 13.3 Å². The summed E-state index contributed by atoms with van der Waals surface area (Å²) in [7, 11) is 0. The maximum atomic E-state index is 12.9. The van der Waals surface area contributed by atoms with Crippen LogP contribution < -0.4 is 4.74 Å². The van der Waals surface area contributed by atoms with Gasteiger partial charge in [0.05, 0.1) is 4.47 Å². The van der Waals surface area contributed by atoms with E-state index in [1.54, 1.807) is 0 Å². The third-order valence-corrected chi connectivity index (χ3v) is 1.92. The Morgan fingerprint density at radius 2 is 1.92 bits per heavy atom. The Kier molecular flexibility index (Phi) is 3.59. The van der Waals surface area contributed by atoms with Crippen LogP contribution in [0.2, 0.25) is 0 Å². The summed E-state index contributed by atoms with van der Waals surface area (Å²) in [5.74, 6) is -1.64. The molecular formula is C8H6BrF3O. The van der Waals surface area contributed by atoms with Crippen LogP contribution >= 0.6 is 15.9 Å². The first-order valence-corrected chi connectivity index (χ1v) is 4.27. The zero-order chi connectivity index (χ0) is 9.84. The number of alkyl halides is 1. The summed E-state index contributed by atoms with van der Waals surface area (Å²) < 4.78 is 42.0. The quantitative estimate of drug-likeness (QED) is 0.754. The molecule has 0 spiro atoms. The van der Waals surface area contributed by atoms with E-state index in [9.17, 15) is 13.2 Å². The highest BCUT2D eigenvalue weighted by Crippen LogP contribution is 2.24. The molecule has 13 heavy (non-hydrogen) atoms. The lowest BCUT2D eigenvalue weighted by atomic mass is 10.3. The van der Waals surface area contributed by atoms with Crippen molar-refractivity contribution in [1.29, 1.82) is 0 Å². The molecule has 0 unspecified atom stereocenters. The van der Waals surface area contributed by atoms with Gasteiger partial charge in [-0.1, -0.05) is 0 Å². The van der Waals surface area contributed by atoms with Gasteiger partial charge in [-0.3, -0.25) is 0 Å². The van der Waals surface area contributed by atoms with Crippen LogP contribution in [0.4, 0.5) is 13.2 Å². The second kappa shape index (κ2) is 4.50. The minimum atomic E-state index is -0.739. The maximum absolute atomic E-state index is 12.9. The Hall–Kier alpha value is -0.710. The minimum absolute atomic E-state index is 0.0117. The lowest BCUT2D eigenvalue weighted by Gasteiger charge is -2.05. The van der Waals surface area contributed by atoms with Crippen molar-refractivity contribution in [3.05, 3.63) is 28.2 Å². The monoisotopic (exact) mass is 254 g/mol. The van der Waals surface area contributed by atoms with E-state index in [0.717, 1.165) is 12.1 Å². The second-order valence-electron chi connectivity index (χ2n) is 2.23. The molecule has 0 fully saturated rings. The van der Waals surface area contributed by atoms with E-state index in [2.05, 4.69) is 20.7 Å². The van der Waals surface area contributed by atoms with Crippen molar-refractivity contribution in [1.82, 2.24) is 0 Å². The first-order chi connectivity index (χ1) is 6.15. The van der Waals surface area contributed by atoms with E-state index in [4.69, 9.17) is 0 Å². The van der Waals surface area contributed by atoms with Gasteiger partial charge in [-0.05, 0) is 22.0 Å². The number of rotatable bonds is 3. The van der Waals surface area contributed by atoms with Gasteiger partial charge in [0.15, 0.2) is 11.6 Å². The average Bonchev–Trinajstić information content (AvgIpc) is 2.09. The number of ether oxygens (including phenoxy) is 1. The molecule has 0 bridgehead atoms. The van der Waals surface area contributed by atoms with Crippen molar-refractivity contribution in [3.63, 3.8) is 0 Å². The third kappa shape index (κ3) is 2.62. The van der Waals surface area contributed by atoms with Crippen molar-refractivity contribution >= 4 is 15.9 Å². The molecule has 1 nitrogen and oxygen atoms in total. The zero-order valence-corrected chi connectivity index (χ0v) is 8.08. The van der Waals surface area contributed by atoms with Gasteiger partial charge in [0, 0.05) is 6.07 Å². The molecule has 0 saturated carbocycles. The standard InChI is InChI=1S/C8H6BrF3O/c9-5-3-7(12)8(4-6(5)11)13-2-1-10/h3-4H,1-2H2. The largest absolute Gasteiger partial charge is 0.488 e. The van der Waals surface area contributed by atoms with E-state index in [-0.39, 0.29) is 16.8 Å². The molecule has 0 aliphatic rings. The predicted molar refractivity (Wildman–Crippen MR) is 45.5 cm³/mol. The summed E-state index contributed by atoms with van der Waals surface area (Å²) in [5, 5.41) is 0. The van der Waals surface area contributed by atoms with Gasteiger partial charge in [0.1, 0.15) is 19.1 Å². The fraction of sp³-hybridized carbons (Fsp3) is 0.250. The number of halogens is 4. The summed E-state index contributed by atoms with van der Waals surface area (Å²) in [4.78, 5) is 0. The summed E-state index contributed by atoms with van der Waals surface area (Å²) in [5.41, 5.74) is 0. The van der Waals surface area contributed by atoms with Crippen LogP contribution in [0, 0.1) is 11.6 Å². The highest BCUT2D eigenvalue weighted by molar-refractivity contribution is 9.10. The van der Waals surface area contributed by atoms with E-state index < -0.39 is 18.3 Å². The number of hydrogen-bond donors (Lipinski definition) is 0. The van der Waals surface area contributed by atoms with E-state index in [1.807, 2.05) is 0 Å². The second-order valence-corrected chi connectivity index (χ2v) is 3.09. The van der Waals surface area contributed by atoms with Crippen LogP contribution in [0.5, 0.6) is 5.75 Å². The molecule has 72 valence electrons. The Bertz CT molecular complexity index is 304. The molecule has 0 N–H and O–H groups in total. The molecular weight excluding hydrogens is 249 g/mol. The average molecular weight is 255 g/mol. The van der Waals surface area contributed by atoms with E-state index in [0.29, 0.717) is 0 Å². The molecule has 0 aliphatic heterocycles. The smallest absolute Gasteiger partial charge is 0.166 e. The van der Waals surface area contributed by atoms with E-state index in [1.165, 1.54) is 0 Å². The first kappa shape index (κ1) is 10.4. The predicted octanol–water partition coefficient (Wildman–Crippen LogP) is 3.08. The SMILES string of the molecule is FCCOc1cc(F)c(Br)cc1F. The van der Waals surface area contributed by atoms with Crippen LogP contribution in [-0.2, 0) is 0 Å². The highest BCUT2D eigenvalue weighted by atomic mass is 79.9. The maximum Gasteiger partial charge on any atom is 0.166 e. The summed E-state index contributed by atoms with van der Waals surface area (Å²) in [6.07, 6.45) is 0. The summed E-state index contributed by atoms with van der Waals surface area (Å²) >= 11 is 2.80.